The average molecular weight is 314 g/mol. The Bertz CT molecular complexity index is 546. The summed E-state index contributed by atoms with van der Waals surface area (Å²) in [6.45, 7) is 0.643. The number of benzene rings is 1. The molecule has 8 heteroatoms. The third kappa shape index (κ3) is 2.19. The van der Waals surface area contributed by atoms with Crippen molar-refractivity contribution in [3.63, 3.8) is 0 Å². The quantitative estimate of drug-likeness (QED) is 0.661. The van der Waals surface area contributed by atoms with Crippen LogP contribution in [0, 0.1) is 10.1 Å². The van der Waals surface area contributed by atoms with Gasteiger partial charge in [-0.2, -0.15) is 0 Å². The van der Waals surface area contributed by atoms with E-state index in [0.717, 1.165) is 11.0 Å². The number of urea groups is 1. The van der Waals surface area contributed by atoms with E-state index in [4.69, 9.17) is 0 Å². The van der Waals surface area contributed by atoms with Crippen molar-refractivity contribution in [2.45, 2.75) is 0 Å². The highest BCUT2D eigenvalue weighted by atomic mass is 79.9. The number of nitro benzene ring substituents is 1. The number of nitrogens with one attached hydrogen (secondary N) is 1. The predicted molar refractivity (Wildman–Crippen MR) is 65.2 cm³/mol. The van der Waals surface area contributed by atoms with Gasteiger partial charge in [-0.15, -0.1) is 0 Å². The van der Waals surface area contributed by atoms with Crippen molar-refractivity contribution in [2.24, 2.45) is 0 Å². The van der Waals surface area contributed by atoms with Crippen LogP contribution in [0.3, 0.4) is 0 Å². The highest BCUT2D eigenvalue weighted by Gasteiger charge is 2.29. The van der Waals surface area contributed by atoms with Gasteiger partial charge in [0, 0.05) is 29.7 Å². The van der Waals surface area contributed by atoms with Crippen molar-refractivity contribution in [3.8, 4) is 0 Å². The molecule has 0 radical (unpaired) electrons. The first kappa shape index (κ1) is 12.5. The second kappa shape index (κ2) is 4.73. The van der Waals surface area contributed by atoms with E-state index >= 15 is 0 Å². The van der Waals surface area contributed by atoms with Crippen LogP contribution in [-0.4, -0.2) is 34.9 Å². The number of rotatable bonds is 2. The molecule has 1 N–H and O–H groups in total. The van der Waals surface area contributed by atoms with E-state index in [9.17, 15) is 19.7 Å². The Morgan fingerprint density at radius 1 is 1.50 bits per heavy atom. The molecule has 1 heterocycles. The van der Waals surface area contributed by atoms with Crippen molar-refractivity contribution in [3.05, 3.63) is 38.3 Å². The van der Waals surface area contributed by atoms with Gasteiger partial charge in [0.25, 0.3) is 11.6 Å². The maximum Gasteiger partial charge on any atom is 0.324 e. The Hall–Kier alpha value is -1.96. The molecule has 18 heavy (non-hydrogen) atoms. The molecule has 1 aliphatic heterocycles. The Kier molecular flexibility index (Phi) is 3.28. The van der Waals surface area contributed by atoms with Gasteiger partial charge in [0.15, 0.2) is 0 Å². The van der Waals surface area contributed by atoms with Gasteiger partial charge in [-0.25, -0.2) is 4.79 Å². The van der Waals surface area contributed by atoms with Crippen molar-refractivity contribution >= 4 is 33.6 Å². The molecular weight excluding hydrogens is 306 g/mol. The van der Waals surface area contributed by atoms with E-state index in [0.29, 0.717) is 11.0 Å². The lowest BCUT2D eigenvalue weighted by Gasteiger charge is -2.12. The number of carbonyl (C=O) groups is 2. The third-order valence-electron chi connectivity index (χ3n) is 2.49. The molecule has 1 fully saturated rings. The first-order valence-corrected chi connectivity index (χ1v) is 5.83. The molecule has 0 aromatic heterocycles. The van der Waals surface area contributed by atoms with Gasteiger partial charge in [0.1, 0.15) is 0 Å². The summed E-state index contributed by atoms with van der Waals surface area (Å²) in [7, 11) is 0. The number of carbonyl (C=O) groups excluding carboxylic acids is 2. The zero-order valence-corrected chi connectivity index (χ0v) is 10.6. The Morgan fingerprint density at radius 2 is 2.22 bits per heavy atom. The molecular formula is C10H8BrN3O4. The summed E-state index contributed by atoms with van der Waals surface area (Å²) in [5, 5.41) is 13.2. The smallest absolute Gasteiger partial charge is 0.324 e. The minimum atomic E-state index is -0.590. The normalized spacial score (nSPS) is 14.5. The van der Waals surface area contributed by atoms with Crippen molar-refractivity contribution < 1.29 is 14.5 Å². The van der Waals surface area contributed by atoms with Crippen LogP contribution in [-0.2, 0) is 0 Å². The number of halogens is 1. The van der Waals surface area contributed by atoms with Crippen molar-refractivity contribution in [1.82, 2.24) is 10.2 Å². The number of amides is 3. The molecule has 2 rings (SSSR count). The van der Waals surface area contributed by atoms with Crippen LogP contribution in [0.2, 0.25) is 0 Å². The van der Waals surface area contributed by atoms with Crippen LogP contribution in [0.1, 0.15) is 10.4 Å². The molecule has 0 spiro atoms. The summed E-state index contributed by atoms with van der Waals surface area (Å²) in [6, 6.07) is 3.36. The molecule has 1 aliphatic rings. The molecule has 0 unspecified atom stereocenters. The van der Waals surface area contributed by atoms with Gasteiger partial charge in [0.05, 0.1) is 10.5 Å². The third-order valence-corrected chi connectivity index (χ3v) is 3.18. The summed E-state index contributed by atoms with van der Waals surface area (Å²) in [6.07, 6.45) is 0. The number of nitrogens with zero attached hydrogens (tertiary/aromatic N) is 2. The summed E-state index contributed by atoms with van der Waals surface area (Å²) in [5.74, 6) is -0.555. The monoisotopic (exact) mass is 313 g/mol. The standard InChI is InChI=1S/C10H8BrN3O4/c11-8-2-1-6(14(17)18)5-7(8)9(15)13-4-3-12-10(13)16/h1-2,5H,3-4H2,(H,12,16). The maximum absolute atomic E-state index is 12.1. The first-order valence-electron chi connectivity index (χ1n) is 5.04. The van der Waals surface area contributed by atoms with Gasteiger partial charge >= 0.3 is 6.03 Å². The Balaban J connectivity index is 2.37. The molecule has 0 bridgehead atoms. The zero-order valence-electron chi connectivity index (χ0n) is 9.05. The maximum atomic E-state index is 12.1. The molecule has 3 amide bonds. The molecule has 1 saturated heterocycles. The van der Waals surface area contributed by atoms with Gasteiger partial charge in [-0.3, -0.25) is 19.8 Å². The fraction of sp³-hybridized carbons (Fsp3) is 0.200. The molecule has 0 atom stereocenters. The lowest BCUT2D eigenvalue weighted by atomic mass is 10.2. The number of non-ortho nitro benzene ring substituents is 1. The molecule has 1 aromatic carbocycles. The lowest BCUT2D eigenvalue weighted by Crippen LogP contribution is -2.34. The second-order valence-corrected chi connectivity index (χ2v) is 4.46. The number of imide groups is 1. The summed E-state index contributed by atoms with van der Waals surface area (Å²) < 4.78 is 0.415. The highest BCUT2D eigenvalue weighted by Crippen LogP contribution is 2.24. The van der Waals surface area contributed by atoms with Crippen LogP contribution < -0.4 is 5.32 Å². The minimum Gasteiger partial charge on any atom is -0.336 e. The molecule has 1 aromatic rings. The molecule has 7 nitrogen and oxygen atoms in total. The first-order chi connectivity index (χ1) is 8.50. The van der Waals surface area contributed by atoms with Crippen molar-refractivity contribution in [1.29, 1.82) is 0 Å². The van der Waals surface area contributed by atoms with E-state index in [1.165, 1.54) is 12.1 Å². The molecule has 94 valence electrons. The van der Waals surface area contributed by atoms with Gasteiger partial charge in [-0.1, -0.05) is 0 Å². The average Bonchev–Trinajstić information content (AvgIpc) is 2.75. The number of nitro groups is 1. The minimum absolute atomic E-state index is 0.0984. The second-order valence-electron chi connectivity index (χ2n) is 3.61. The highest BCUT2D eigenvalue weighted by molar-refractivity contribution is 9.10. The van der Waals surface area contributed by atoms with Gasteiger partial charge in [-0.05, 0) is 22.0 Å². The number of hydrogen-bond acceptors (Lipinski definition) is 4. The summed E-state index contributed by atoms with van der Waals surface area (Å²) in [5.41, 5.74) is -0.0950. The fourth-order valence-corrected chi connectivity index (χ4v) is 2.02. The topological polar surface area (TPSA) is 92.6 Å². The Labute approximate surface area is 110 Å². The van der Waals surface area contributed by atoms with Gasteiger partial charge < -0.3 is 5.32 Å². The fourth-order valence-electron chi connectivity index (χ4n) is 1.60. The van der Waals surface area contributed by atoms with E-state index in [-0.39, 0.29) is 17.8 Å². The van der Waals surface area contributed by atoms with Crippen LogP contribution in [0.25, 0.3) is 0 Å². The lowest BCUT2D eigenvalue weighted by molar-refractivity contribution is -0.384. The molecule has 0 aliphatic carbocycles. The zero-order chi connectivity index (χ0) is 13.3. The molecule has 0 saturated carbocycles. The summed E-state index contributed by atoms with van der Waals surface area (Å²) in [4.78, 5) is 34.5. The van der Waals surface area contributed by atoms with Gasteiger partial charge in [0.2, 0.25) is 0 Å². The number of hydrogen-bond donors (Lipinski definition) is 1. The van der Waals surface area contributed by atoms with Crippen molar-refractivity contribution in [2.75, 3.05) is 13.1 Å². The van der Waals surface area contributed by atoms with Crippen LogP contribution in [0.4, 0.5) is 10.5 Å². The van der Waals surface area contributed by atoms with Crippen LogP contribution in [0.5, 0.6) is 0 Å². The van der Waals surface area contributed by atoms with E-state index in [2.05, 4.69) is 21.2 Å². The Morgan fingerprint density at radius 3 is 2.78 bits per heavy atom. The van der Waals surface area contributed by atoms with E-state index < -0.39 is 16.9 Å². The van der Waals surface area contributed by atoms with Crippen LogP contribution >= 0.6 is 15.9 Å². The van der Waals surface area contributed by atoms with E-state index in [1.807, 2.05) is 0 Å². The summed E-state index contributed by atoms with van der Waals surface area (Å²) >= 11 is 3.15. The SMILES string of the molecule is O=C1NCCN1C(=O)c1cc([N+](=O)[O-])ccc1Br. The largest absolute Gasteiger partial charge is 0.336 e. The van der Waals surface area contributed by atoms with E-state index in [1.54, 1.807) is 0 Å². The predicted octanol–water partition coefficient (Wildman–Crippen LogP) is 1.52. The van der Waals surface area contributed by atoms with Crippen LogP contribution in [0.15, 0.2) is 22.7 Å².